The fourth-order valence-corrected chi connectivity index (χ4v) is 4.08. The molecule has 7 nitrogen and oxygen atoms in total. The first-order valence-corrected chi connectivity index (χ1v) is 10.4. The van der Waals surface area contributed by atoms with Crippen molar-refractivity contribution in [2.75, 3.05) is 5.32 Å². The molecule has 4 rings (SSSR count). The summed E-state index contributed by atoms with van der Waals surface area (Å²) in [6.45, 7) is 4.14. The molecule has 2 aromatic heterocycles. The number of aromatic amines is 1. The van der Waals surface area contributed by atoms with Crippen molar-refractivity contribution in [2.24, 2.45) is 0 Å². The SMILES string of the molecule is Cc1ccc(-c2csc(NC(=O)CCn3[nH]c(=O)c4ccccc4c3=O)n2)c(C)c1. The smallest absolute Gasteiger partial charge is 0.273 e. The zero-order chi connectivity index (χ0) is 21.3. The van der Waals surface area contributed by atoms with Gasteiger partial charge < -0.3 is 5.32 Å². The Morgan fingerprint density at radius 1 is 1.13 bits per heavy atom. The number of anilines is 1. The highest BCUT2D eigenvalue weighted by Gasteiger charge is 2.12. The van der Waals surface area contributed by atoms with E-state index in [0.29, 0.717) is 15.9 Å². The van der Waals surface area contributed by atoms with Crippen LogP contribution < -0.4 is 16.4 Å². The molecule has 0 saturated heterocycles. The molecule has 0 unspecified atom stereocenters. The molecule has 30 heavy (non-hydrogen) atoms. The first-order chi connectivity index (χ1) is 14.4. The molecule has 0 aliphatic heterocycles. The lowest BCUT2D eigenvalue weighted by molar-refractivity contribution is -0.116. The number of thiazole rings is 1. The Bertz CT molecular complexity index is 1370. The van der Waals surface area contributed by atoms with Crippen LogP contribution in [0, 0.1) is 13.8 Å². The molecule has 0 aliphatic carbocycles. The summed E-state index contributed by atoms with van der Waals surface area (Å²) in [5.74, 6) is -0.280. The van der Waals surface area contributed by atoms with E-state index in [0.717, 1.165) is 16.8 Å². The van der Waals surface area contributed by atoms with Crippen molar-refractivity contribution in [3.63, 3.8) is 0 Å². The molecule has 0 radical (unpaired) electrons. The van der Waals surface area contributed by atoms with Gasteiger partial charge in [0.1, 0.15) is 0 Å². The maximum absolute atomic E-state index is 12.5. The minimum atomic E-state index is -0.358. The summed E-state index contributed by atoms with van der Waals surface area (Å²) >= 11 is 1.35. The number of fused-ring (bicyclic) bond motifs is 1. The van der Waals surface area contributed by atoms with E-state index in [9.17, 15) is 14.4 Å². The number of nitrogens with one attached hydrogen (secondary N) is 2. The van der Waals surface area contributed by atoms with Gasteiger partial charge in [-0.1, -0.05) is 35.9 Å². The van der Waals surface area contributed by atoms with Gasteiger partial charge in [0.25, 0.3) is 11.1 Å². The third kappa shape index (κ3) is 3.95. The Kier molecular flexibility index (Phi) is 5.33. The monoisotopic (exact) mass is 420 g/mol. The zero-order valence-electron chi connectivity index (χ0n) is 16.6. The number of nitrogens with zero attached hydrogens (tertiary/aromatic N) is 2. The van der Waals surface area contributed by atoms with Crippen LogP contribution in [0.1, 0.15) is 17.5 Å². The molecule has 0 atom stereocenters. The number of hydrogen-bond acceptors (Lipinski definition) is 5. The lowest BCUT2D eigenvalue weighted by Gasteiger charge is -2.07. The number of H-pyrrole nitrogens is 1. The van der Waals surface area contributed by atoms with Crippen LogP contribution in [0.5, 0.6) is 0 Å². The van der Waals surface area contributed by atoms with Crippen molar-refractivity contribution in [2.45, 2.75) is 26.8 Å². The van der Waals surface area contributed by atoms with E-state index in [1.54, 1.807) is 24.3 Å². The van der Waals surface area contributed by atoms with E-state index in [1.807, 2.05) is 31.4 Å². The Hall–Kier alpha value is -3.52. The van der Waals surface area contributed by atoms with Crippen molar-refractivity contribution in [1.82, 2.24) is 14.8 Å². The second-order valence-corrected chi connectivity index (χ2v) is 7.96. The highest BCUT2D eigenvalue weighted by molar-refractivity contribution is 7.14. The van der Waals surface area contributed by atoms with Gasteiger partial charge in [-0.3, -0.25) is 19.5 Å². The molecule has 0 saturated carbocycles. The Morgan fingerprint density at radius 2 is 1.90 bits per heavy atom. The summed E-state index contributed by atoms with van der Waals surface area (Å²) in [5.41, 5.74) is 3.45. The summed E-state index contributed by atoms with van der Waals surface area (Å²) in [7, 11) is 0. The summed E-state index contributed by atoms with van der Waals surface area (Å²) in [6, 6.07) is 12.8. The number of rotatable bonds is 5. The van der Waals surface area contributed by atoms with E-state index in [-0.39, 0.29) is 30.0 Å². The first-order valence-electron chi connectivity index (χ1n) is 9.47. The topological polar surface area (TPSA) is 96.9 Å². The van der Waals surface area contributed by atoms with Gasteiger partial charge in [0.05, 0.1) is 23.0 Å². The predicted molar refractivity (Wildman–Crippen MR) is 119 cm³/mol. The molecule has 8 heteroatoms. The average molecular weight is 420 g/mol. The predicted octanol–water partition coefficient (Wildman–Crippen LogP) is 3.46. The second kappa shape index (κ2) is 8.08. The molecular formula is C22H20N4O3S. The normalized spacial score (nSPS) is 11.0. The summed E-state index contributed by atoms with van der Waals surface area (Å²) in [6.07, 6.45) is 0.0344. The molecule has 0 spiro atoms. The van der Waals surface area contributed by atoms with Gasteiger partial charge in [-0.2, -0.15) is 0 Å². The molecule has 2 heterocycles. The van der Waals surface area contributed by atoms with E-state index < -0.39 is 0 Å². The van der Waals surface area contributed by atoms with E-state index in [1.165, 1.54) is 21.6 Å². The maximum Gasteiger partial charge on any atom is 0.273 e. The van der Waals surface area contributed by atoms with Gasteiger partial charge in [-0.15, -0.1) is 11.3 Å². The van der Waals surface area contributed by atoms with Crippen molar-refractivity contribution in [1.29, 1.82) is 0 Å². The molecular weight excluding hydrogens is 400 g/mol. The van der Waals surface area contributed by atoms with Crippen molar-refractivity contribution in [3.8, 4) is 11.3 Å². The zero-order valence-corrected chi connectivity index (χ0v) is 17.4. The summed E-state index contributed by atoms with van der Waals surface area (Å²) in [4.78, 5) is 41.5. The van der Waals surface area contributed by atoms with Crippen molar-refractivity contribution in [3.05, 3.63) is 79.7 Å². The average Bonchev–Trinajstić information content (AvgIpc) is 3.17. The van der Waals surface area contributed by atoms with Crippen LogP contribution in [0.25, 0.3) is 22.0 Å². The number of benzene rings is 2. The second-order valence-electron chi connectivity index (χ2n) is 7.10. The number of hydrogen-bond donors (Lipinski definition) is 2. The minimum Gasteiger partial charge on any atom is -0.302 e. The minimum absolute atomic E-state index is 0.0344. The molecule has 0 aliphatic rings. The number of aryl methyl sites for hydroxylation is 3. The number of aromatic nitrogens is 3. The fraction of sp³-hybridized carbons (Fsp3) is 0.182. The van der Waals surface area contributed by atoms with Crippen LogP contribution in [0.15, 0.2) is 57.4 Å². The van der Waals surface area contributed by atoms with Gasteiger partial charge in [-0.05, 0) is 31.5 Å². The molecule has 4 aromatic rings. The highest BCUT2D eigenvalue weighted by Crippen LogP contribution is 2.28. The number of amides is 1. The van der Waals surface area contributed by atoms with Crippen LogP contribution in [-0.4, -0.2) is 20.7 Å². The van der Waals surface area contributed by atoms with E-state index in [2.05, 4.69) is 21.5 Å². The molecule has 152 valence electrons. The lowest BCUT2D eigenvalue weighted by Crippen LogP contribution is -2.31. The van der Waals surface area contributed by atoms with Gasteiger partial charge >= 0.3 is 0 Å². The highest BCUT2D eigenvalue weighted by atomic mass is 32.1. The van der Waals surface area contributed by atoms with Gasteiger partial charge in [0.15, 0.2) is 5.13 Å². The molecule has 1 amide bonds. The van der Waals surface area contributed by atoms with Crippen LogP contribution >= 0.6 is 11.3 Å². The standard InChI is InChI=1S/C22H20N4O3S/c1-13-7-8-15(14(2)11-13)18-12-30-22(23-18)24-19(27)9-10-26-21(29)17-6-4-3-5-16(17)20(28)25-26/h3-8,11-12H,9-10H2,1-2H3,(H,25,28)(H,23,24,27). The lowest BCUT2D eigenvalue weighted by atomic mass is 10.0. The maximum atomic E-state index is 12.5. The van der Waals surface area contributed by atoms with E-state index in [4.69, 9.17) is 0 Å². The van der Waals surface area contributed by atoms with Crippen molar-refractivity contribution >= 4 is 33.1 Å². The van der Waals surface area contributed by atoms with Gasteiger partial charge in [0.2, 0.25) is 5.91 Å². The largest absolute Gasteiger partial charge is 0.302 e. The van der Waals surface area contributed by atoms with Crippen molar-refractivity contribution < 1.29 is 4.79 Å². The molecule has 0 fully saturated rings. The van der Waals surface area contributed by atoms with Crippen LogP contribution in [-0.2, 0) is 11.3 Å². The van der Waals surface area contributed by atoms with Crippen LogP contribution in [0.3, 0.4) is 0 Å². The third-order valence-electron chi connectivity index (χ3n) is 4.85. The molecule has 2 aromatic carbocycles. The number of carbonyl (C=O) groups is 1. The Labute approximate surface area is 176 Å². The van der Waals surface area contributed by atoms with E-state index >= 15 is 0 Å². The molecule has 2 N–H and O–H groups in total. The Morgan fingerprint density at radius 3 is 2.67 bits per heavy atom. The number of carbonyl (C=O) groups excluding carboxylic acids is 1. The van der Waals surface area contributed by atoms with Gasteiger partial charge in [0, 0.05) is 17.4 Å². The van der Waals surface area contributed by atoms with Crippen LogP contribution in [0.2, 0.25) is 0 Å². The van der Waals surface area contributed by atoms with Gasteiger partial charge in [-0.25, -0.2) is 9.67 Å². The third-order valence-corrected chi connectivity index (χ3v) is 5.61. The fourth-order valence-electron chi connectivity index (χ4n) is 3.35. The quantitative estimate of drug-likeness (QED) is 0.517. The summed E-state index contributed by atoms with van der Waals surface area (Å²) < 4.78 is 1.17. The molecule has 0 bridgehead atoms. The Balaban J connectivity index is 1.46. The van der Waals surface area contributed by atoms with Crippen LogP contribution in [0.4, 0.5) is 5.13 Å². The first kappa shape index (κ1) is 19.8. The summed E-state index contributed by atoms with van der Waals surface area (Å²) in [5, 5.41) is 8.36.